The molecule has 0 saturated heterocycles. The number of hydrogen-bond donors (Lipinski definition) is 4. The van der Waals surface area contributed by atoms with Crippen LogP contribution in [0.5, 0.6) is 0 Å². The summed E-state index contributed by atoms with van der Waals surface area (Å²) in [5.41, 5.74) is 7.60. The largest absolute Gasteiger partial charge is 0.366 e. The first-order chi connectivity index (χ1) is 20.2. The number of nitrogens with one attached hydrogen (secondary N) is 3. The van der Waals surface area contributed by atoms with Crippen molar-refractivity contribution >= 4 is 64.4 Å². The van der Waals surface area contributed by atoms with E-state index in [1.807, 2.05) is 0 Å². The van der Waals surface area contributed by atoms with Crippen molar-refractivity contribution in [3.05, 3.63) is 131 Å². The Morgan fingerprint density at radius 3 is 2.12 bits per heavy atom. The molecule has 4 aromatic carbocycles. The van der Waals surface area contributed by atoms with Gasteiger partial charge < -0.3 is 21.7 Å². The van der Waals surface area contributed by atoms with Crippen LogP contribution in [0.15, 0.2) is 114 Å². The molecule has 4 rings (SSSR count). The quantitative estimate of drug-likeness (QED) is 0.132. The number of thioether (sulfide) groups is 1. The van der Waals surface area contributed by atoms with Gasteiger partial charge in [0.15, 0.2) is 0 Å². The number of para-hydroxylation sites is 1. The Hall–Kier alpha value is -4.86. The molecule has 0 spiro atoms. The number of benzene rings is 4. The maximum absolute atomic E-state index is 13.2. The number of halogens is 1. The Bertz CT molecular complexity index is 1620. The molecular weight excluding hydrogens is 572 g/mol. The Balaban J connectivity index is 1.43. The van der Waals surface area contributed by atoms with Gasteiger partial charge in [0.05, 0.1) is 16.5 Å². The highest BCUT2D eigenvalue weighted by Gasteiger charge is 2.18. The standard InChI is InChI=1S/C32H27ClN4O4S/c1-20(30(39)36-27-10-6-5-9-26(27)29(34)38)42-25-17-15-24(16-18-25)35-32(41)28(19-21-11-13-23(33)14-12-21)37-31(40)22-7-3-2-4-8-22/h2-20H,1H3,(H2,34,38)(H,35,41)(H,36,39)(H,37,40)/b28-19-. The second-order valence-electron chi connectivity index (χ2n) is 9.07. The lowest BCUT2D eigenvalue weighted by molar-refractivity contribution is -0.115. The smallest absolute Gasteiger partial charge is 0.272 e. The molecule has 0 aromatic heterocycles. The predicted octanol–water partition coefficient (Wildman–Crippen LogP) is 5.97. The van der Waals surface area contributed by atoms with E-state index in [2.05, 4.69) is 16.0 Å². The molecule has 212 valence electrons. The number of nitrogens with two attached hydrogens (primary N) is 1. The summed E-state index contributed by atoms with van der Waals surface area (Å²) in [6.45, 7) is 1.74. The first kappa shape index (κ1) is 30.1. The average molecular weight is 599 g/mol. The van der Waals surface area contributed by atoms with Gasteiger partial charge in [-0.15, -0.1) is 11.8 Å². The molecule has 5 N–H and O–H groups in total. The fourth-order valence-electron chi connectivity index (χ4n) is 3.78. The van der Waals surface area contributed by atoms with Crippen LogP contribution in [0.2, 0.25) is 5.02 Å². The summed E-state index contributed by atoms with van der Waals surface area (Å²) in [7, 11) is 0. The zero-order valence-electron chi connectivity index (χ0n) is 22.5. The van der Waals surface area contributed by atoms with Crippen LogP contribution in [0.3, 0.4) is 0 Å². The minimum Gasteiger partial charge on any atom is -0.366 e. The summed E-state index contributed by atoms with van der Waals surface area (Å²) in [5, 5.41) is 8.30. The van der Waals surface area contributed by atoms with E-state index in [-0.39, 0.29) is 17.2 Å². The third kappa shape index (κ3) is 8.33. The van der Waals surface area contributed by atoms with Gasteiger partial charge in [0.25, 0.3) is 17.7 Å². The SMILES string of the molecule is CC(Sc1ccc(NC(=O)/C(=C/c2ccc(Cl)cc2)NC(=O)c2ccccc2)cc1)C(=O)Nc1ccccc1C(N)=O. The van der Waals surface area contributed by atoms with Gasteiger partial charge >= 0.3 is 0 Å². The van der Waals surface area contributed by atoms with Crippen LogP contribution in [-0.2, 0) is 9.59 Å². The molecular formula is C32H27ClN4O4S. The van der Waals surface area contributed by atoms with E-state index in [9.17, 15) is 19.2 Å². The second-order valence-corrected chi connectivity index (χ2v) is 10.9. The summed E-state index contributed by atoms with van der Waals surface area (Å²) >= 11 is 7.30. The zero-order chi connectivity index (χ0) is 30.1. The van der Waals surface area contributed by atoms with E-state index in [1.54, 1.807) is 116 Å². The van der Waals surface area contributed by atoms with Crippen LogP contribution in [0.25, 0.3) is 6.08 Å². The van der Waals surface area contributed by atoms with Gasteiger partial charge in [0, 0.05) is 21.2 Å². The monoisotopic (exact) mass is 598 g/mol. The highest BCUT2D eigenvalue weighted by molar-refractivity contribution is 8.00. The van der Waals surface area contributed by atoms with Gasteiger partial charge in [-0.1, -0.05) is 54.1 Å². The number of anilines is 2. The summed E-state index contributed by atoms with van der Waals surface area (Å²) in [6, 6.07) is 28.9. The number of carbonyl (C=O) groups excluding carboxylic acids is 4. The van der Waals surface area contributed by atoms with E-state index in [0.717, 1.165) is 4.90 Å². The molecule has 1 atom stereocenters. The minimum atomic E-state index is -0.630. The van der Waals surface area contributed by atoms with Gasteiger partial charge in [-0.25, -0.2) is 0 Å². The van der Waals surface area contributed by atoms with Gasteiger partial charge in [-0.2, -0.15) is 0 Å². The molecule has 0 radical (unpaired) electrons. The highest BCUT2D eigenvalue weighted by Crippen LogP contribution is 2.26. The number of carbonyl (C=O) groups is 4. The molecule has 42 heavy (non-hydrogen) atoms. The minimum absolute atomic E-state index is 0.0474. The predicted molar refractivity (Wildman–Crippen MR) is 167 cm³/mol. The Labute approximate surface area is 252 Å². The van der Waals surface area contributed by atoms with Crippen molar-refractivity contribution in [2.24, 2.45) is 5.73 Å². The summed E-state index contributed by atoms with van der Waals surface area (Å²) in [5.74, 6) is -1.87. The number of hydrogen-bond acceptors (Lipinski definition) is 5. The maximum atomic E-state index is 13.2. The Morgan fingerprint density at radius 2 is 1.45 bits per heavy atom. The van der Waals surface area contributed by atoms with E-state index in [4.69, 9.17) is 17.3 Å². The number of primary amides is 1. The van der Waals surface area contributed by atoms with Gasteiger partial charge in [0.2, 0.25) is 5.91 Å². The fraction of sp³-hybridized carbons (Fsp3) is 0.0625. The van der Waals surface area contributed by atoms with Gasteiger partial charge in [-0.3, -0.25) is 19.2 Å². The van der Waals surface area contributed by atoms with Crippen molar-refractivity contribution in [3.63, 3.8) is 0 Å². The molecule has 0 bridgehead atoms. The van der Waals surface area contributed by atoms with E-state index in [1.165, 1.54) is 11.8 Å². The maximum Gasteiger partial charge on any atom is 0.272 e. The lowest BCUT2D eigenvalue weighted by Crippen LogP contribution is -2.30. The molecule has 1 unspecified atom stereocenters. The van der Waals surface area contributed by atoms with E-state index in [0.29, 0.717) is 27.5 Å². The second kappa shape index (κ2) is 14.2. The van der Waals surface area contributed by atoms with Crippen molar-refractivity contribution < 1.29 is 19.2 Å². The normalized spacial score (nSPS) is 11.7. The molecule has 0 heterocycles. The molecule has 0 aliphatic rings. The highest BCUT2D eigenvalue weighted by atomic mass is 35.5. The lowest BCUT2D eigenvalue weighted by Gasteiger charge is -2.14. The first-order valence-electron chi connectivity index (χ1n) is 12.8. The van der Waals surface area contributed by atoms with Crippen LogP contribution in [-0.4, -0.2) is 28.9 Å². The number of amides is 4. The van der Waals surface area contributed by atoms with Crippen LogP contribution in [0.1, 0.15) is 33.2 Å². The lowest BCUT2D eigenvalue weighted by atomic mass is 10.1. The van der Waals surface area contributed by atoms with Crippen molar-refractivity contribution in [3.8, 4) is 0 Å². The van der Waals surface area contributed by atoms with Crippen LogP contribution >= 0.6 is 23.4 Å². The molecule has 4 amide bonds. The Morgan fingerprint density at radius 1 is 0.810 bits per heavy atom. The number of rotatable bonds is 10. The summed E-state index contributed by atoms with van der Waals surface area (Å²) in [4.78, 5) is 51.2. The topological polar surface area (TPSA) is 130 Å². The molecule has 4 aromatic rings. The van der Waals surface area contributed by atoms with E-state index < -0.39 is 23.0 Å². The molecule has 10 heteroatoms. The Kier molecular flexibility index (Phi) is 10.1. The van der Waals surface area contributed by atoms with Crippen LogP contribution < -0.4 is 21.7 Å². The molecule has 0 aliphatic carbocycles. The summed E-state index contributed by atoms with van der Waals surface area (Å²) < 4.78 is 0. The molecule has 0 fully saturated rings. The van der Waals surface area contributed by atoms with Gasteiger partial charge in [-0.05, 0) is 79.2 Å². The van der Waals surface area contributed by atoms with Crippen molar-refractivity contribution in [1.29, 1.82) is 0 Å². The van der Waals surface area contributed by atoms with Crippen LogP contribution in [0.4, 0.5) is 11.4 Å². The van der Waals surface area contributed by atoms with Crippen LogP contribution in [0, 0.1) is 0 Å². The third-order valence-corrected chi connectivity index (χ3v) is 7.32. The zero-order valence-corrected chi connectivity index (χ0v) is 24.0. The van der Waals surface area contributed by atoms with Crippen molar-refractivity contribution in [1.82, 2.24) is 5.32 Å². The molecule has 0 saturated carbocycles. The fourth-order valence-corrected chi connectivity index (χ4v) is 4.78. The third-order valence-electron chi connectivity index (χ3n) is 5.95. The van der Waals surface area contributed by atoms with E-state index >= 15 is 0 Å². The van der Waals surface area contributed by atoms with Gasteiger partial charge in [0.1, 0.15) is 5.70 Å². The first-order valence-corrected chi connectivity index (χ1v) is 14.1. The van der Waals surface area contributed by atoms with Crippen molar-refractivity contribution in [2.45, 2.75) is 17.1 Å². The summed E-state index contributed by atoms with van der Waals surface area (Å²) in [6.07, 6.45) is 1.56. The molecule has 8 nitrogen and oxygen atoms in total. The average Bonchev–Trinajstić information content (AvgIpc) is 2.99. The van der Waals surface area contributed by atoms with Crippen molar-refractivity contribution in [2.75, 3.05) is 10.6 Å². The molecule has 0 aliphatic heterocycles.